The molecule has 2 rings (SSSR count). The molecule has 0 aliphatic heterocycles. The van der Waals surface area contributed by atoms with Crippen LogP contribution in [0.5, 0.6) is 0 Å². The minimum Gasteiger partial charge on any atom is -0.410 e. The highest BCUT2D eigenvalue weighted by atomic mass is 33.1. The van der Waals surface area contributed by atoms with Gasteiger partial charge in [-0.3, -0.25) is 9.59 Å². The number of nitrogens with zero attached hydrogens (tertiary/aromatic N) is 2. The molecule has 170 valence electrons. The first-order valence-corrected chi connectivity index (χ1v) is 12.4. The van der Waals surface area contributed by atoms with Gasteiger partial charge in [-0.25, -0.2) is 0 Å². The summed E-state index contributed by atoms with van der Waals surface area (Å²) in [6, 6.07) is 18.6. The molecule has 2 aromatic rings. The van der Waals surface area contributed by atoms with E-state index in [-0.39, 0.29) is 24.3 Å². The van der Waals surface area contributed by atoms with E-state index in [0.29, 0.717) is 24.6 Å². The number of carbonyl (C=O) groups is 2. The molecule has 0 heterocycles. The van der Waals surface area contributed by atoms with Crippen LogP contribution < -0.4 is 10.6 Å². The normalized spacial score (nSPS) is 11.8. The van der Waals surface area contributed by atoms with E-state index in [1.165, 1.54) is 0 Å². The van der Waals surface area contributed by atoms with Crippen LogP contribution in [-0.4, -0.2) is 58.2 Å². The maximum atomic E-state index is 12.1. The number of nitrogens with one attached hydrogen (secondary N) is 2. The molecule has 0 radical (unpaired) electrons. The van der Waals surface area contributed by atoms with Gasteiger partial charge in [0, 0.05) is 37.4 Å². The van der Waals surface area contributed by atoms with Crippen molar-refractivity contribution in [1.29, 1.82) is 0 Å². The van der Waals surface area contributed by atoms with E-state index in [1.54, 1.807) is 21.6 Å². The molecule has 0 spiro atoms. The molecule has 2 amide bonds. The topological polar surface area (TPSA) is 123 Å². The second-order valence-electron chi connectivity index (χ2n) is 6.57. The lowest BCUT2D eigenvalue weighted by molar-refractivity contribution is -0.115. The van der Waals surface area contributed by atoms with Crippen LogP contribution in [0, 0.1) is 0 Å². The third-order valence-corrected chi connectivity index (χ3v) is 6.63. The first-order chi connectivity index (χ1) is 15.6. The zero-order valence-electron chi connectivity index (χ0n) is 17.4. The summed E-state index contributed by atoms with van der Waals surface area (Å²) >= 11 is 0. The van der Waals surface area contributed by atoms with Crippen molar-refractivity contribution in [1.82, 2.24) is 10.6 Å². The third-order valence-electron chi connectivity index (χ3n) is 4.22. The molecule has 10 heteroatoms. The van der Waals surface area contributed by atoms with Crippen molar-refractivity contribution in [2.45, 2.75) is 12.8 Å². The van der Waals surface area contributed by atoms with E-state index >= 15 is 0 Å². The Morgan fingerprint density at radius 1 is 0.688 bits per heavy atom. The molecule has 0 aliphatic rings. The molecule has 0 saturated heterocycles. The standard InChI is InChI=1S/C22H26N4O4S2/c27-21(19(25-29)15-17-7-3-1-4-8-17)23-11-13-31-32-14-12-24-22(28)20(26-30)16-18-9-5-2-6-10-18/h1-10,29-30H,11-16H2,(H,23,27)(H,24,28)/b25-19+,26-20+. The molecule has 0 fully saturated rings. The Morgan fingerprint density at radius 3 is 1.41 bits per heavy atom. The first kappa shape index (κ1) is 25.3. The summed E-state index contributed by atoms with van der Waals surface area (Å²) in [5, 5.41) is 29.9. The molecule has 4 N–H and O–H groups in total. The smallest absolute Gasteiger partial charge is 0.269 e. The fraction of sp³-hybridized carbons (Fsp3) is 0.273. The van der Waals surface area contributed by atoms with E-state index < -0.39 is 11.8 Å². The molecule has 0 unspecified atom stereocenters. The second-order valence-corrected chi connectivity index (χ2v) is 9.28. The number of hydrogen-bond donors (Lipinski definition) is 4. The van der Waals surface area contributed by atoms with Gasteiger partial charge in [-0.2, -0.15) is 0 Å². The summed E-state index contributed by atoms with van der Waals surface area (Å²) in [6.45, 7) is 0.851. The largest absolute Gasteiger partial charge is 0.410 e. The van der Waals surface area contributed by atoms with Crippen molar-refractivity contribution in [3.8, 4) is 0 Å². The highest BCUT2D eigenvalue weighted by molar-refractivity contribution is 8.76. The lowest BCUT2D eigenvalue weighted by Crippen LogP contribution is -2.34. The maximum Gasteiger partial charge on any atom is 0.269 e. The Kier molecular flexibility index (Phi) is 11.8. The predicted molar refractivity (Wildman–Crippen MR) is 130 cm³/mol. The lowest BCUT2D eigenvalue weighted by atomic mass is 10.1. The predicted octanol–water partition coefficient (Wildman–Crippen LogP) is 2.75. The Balaban J connectivity index is 1.56. The van der Waals surface area contributed by atoms with Crippen LogP contribution in [0.3, 0.4) is 0 Å². The van der Waals surface area contributed by atoms with Crippen molar-refractivity contribution in [3.05, 3.63) is 71.8 Å². The van der Waals surface area contributed by atoms with Crippen LogP contribution in [0.25, 0.3) is 0 Å². The summed E-state index contributed by atoms with van der Waals surface area (Å²) in [4.78, 5) is 24.2. The Hall–Kier alpha value is -2.98. The Bertz CT molecular complexity index is 833. The fourth-order valence-corrected chi connectivity index (χ4v) is 4.45. The Labute approximate surface area is 194 Å². The van der Waals surface area contributed by atoms with E-state index in [4.69, 9.17) is 10.4 Å². The van der Waals surface area contributed by atoms with Crippen molar-refractivity contribution >= 4 is 44.8 Å². The molecule has 8 nitrogen and oxygen atoms in total. The van der Waals surface area contributed by atoms with E-state index in [0.717, 1.165) is 11.1 Å². The molecule has 0 atom stereocenters. The SMILES string of the molecule is O=C(NCCSSCCNC(=O)/C(Cc1ccccc1)=N/O)/C(Cc1ccccc1)=N/O. The van der Waals surface area contributed by atoms with Gasteiger partial charge in [0.25, 0.3) is 11.8 Å². The molecule has 0 aromatic heterocycles. The Morgan fingerprint density at radius 2 is 1.06 bits per heavy atom. The van der Waals surface area contributed by atoms with Gasteiger partial charge in [0.15, 0.2) is 0 Å². The second kappa shape index (κ2) is 14.9. The molecule has 0 bridgehead atoms. The van der Waals surface area contributed by atoms with E-state index in [2.05, 4.69) is 20.9 Å². The van der Waals surface area contributed by atoms with Gasteiger partial charge >= 0.3 is 0 Å². The number of carbonyl (C=O) groups excluding carboxylic acids is 2. The minimum absolute atomic E-state index is 0.0634. The van der Waals surface area contributed by atoms with E-state index in [1.807, 2.05) is 60.7 Å². The van der Waals surface area contributed by atoms with Gasteiger partial charge in [0.1, 0.15) is 11.4 Å². The average Bonchev–Trinajstić information content (AvgIpc) is 2.83. The molecule has 0 aliphatic carbocycles. The van der Waals surface area contributed by atoms with Gasteiger partial charge in [-0.05, 0) is 11.1 Å². The van der Waals surface area contributed by atoms with Gasteiger partial charge in [0.05, 0.1) is 0 Å². The van der Waals surface area contributed by atoms with Gasteiger partial charge < -0.3 is 21.0 Å². The summed E-state index contributed by atoms with van der Waals surface area (Å²) in [5.41, 5.74) is 1.91. The van der Waals surface area contributed by atoms with E-state index in [9.17, 15) is 9.59 Å². The number of amides is 2. The third kappa shape index (κ3) is 9.44. The summed E-state index contributed by atoms with van der Waals surface area (Å²) < 4.78 is 0. The lowest BCUT2D eigenvalue weighted by Gasteiger charge is -2.08. The maximum absolute atomic E-state index is 12.1. The van der Waals surface area contributed by atoms with Gasteiger partial charge in [-0.1, -0.05) is 92.6 Å². The van der Waals surface area contributed by atoms with Crippen LogP contribution in [0.2, 0.25) is 0 Å². The zero-order valence-corrected chi connectivity index (χ0v) is 19.1. The molecule has 2 aromatic carbocycles. The van der Waals surface area contributed by atoms with Crippen LogP contribution in [0.4, 0.5) is 0 Å². The fourth-order valence-electron chi connectivity index (χ4n) is 2.63. The number of oxime groups is 2. The van der Waals surface area contributed by atoms with Crippen LogP contribution >= 0.6 is 21.6 Å². The van der Waals surface area contributed by atoms with Crippen molar-refractivity contribution < 1.29 is 20.0 Å². The van der Waals surface area contributed by atoms with Gasteiger partial charge in [0.2, 0.25) is 0 Å². The molecule has 32 heavy (non-hydrogen) atoms. The van der Waals surface area contributed by atoms with Crippen LogP contribution in [-0.2, 0) is 22.4 Å². The monoisotopic (exact) mass is 474 g/mol. The number of hydrogen-bond acceptors (Lipinski definition) is 8. The van der Waals surface area contributed by atoms with Crippen molar-refractivity contribution in [3.63, 3.8) is 0 Å². The highest BCUT2D eigenvalue weighted by Gasteiger charge is 2.13. The van der Waals surface area contributed by atoms with Crippen LogP contribution in [0.1, 0.15) is 11.1 Å². The number of rotatable bonds is 13. The quantitative estimate of drug-likeness (QED) is 0.116. The molecular formula is C22H26N4O4S2. The zero-order chi connectivity index (χ0) is 23.0. The highest BCUT2D eigenvalue weighted by Crippen LogP contribution is 2.19. The van der Waals surface area contributed by atoms with Gasteiger partial charge in [-0.15, -0.1) is 0 Å². The molecular weight excluding hydrogens is 448 g/mol. The summed E-state index contributed by atoms with van der Waals surface area (Å²) in [5.74, 6) is 0.518. The minimum atomic E-state index is -0.400. The van der Waals surface area contributed by atoms with Crippen molar-refractivity contribution in [2.24, 2.45) is 10.3 Å². The number of benzene rings is 2. The first-order valence-electron chi connectivity index (χ1n) is 9.94. The molecule has 0 saturated carbocycles. The summed E-state index contributed by atoms with van der Waals surface area (Å²) in [6.07, 6.45) is 0.516. The van der Waals surface area contributed by atoms with Crippen LogP contribution in [0.15, 0.2) is 71.0 Å². The summed E-state index contributed by atoms with van der Waals surface area (Å²) in [7, 11) is 3.11. The average molecular weight is 475 g/mol. The van der Waals surface area contributed by atoms with Crippen molar-refractivity contribution in [2.75, 3.05) is 24.6 Å².